The Bertz CT molecular complexity index is 1460. The smallest absolute Gasteiger partial charge is 0.130 e. The number of carbonyl (C=O) groups is 1. The minimum Gasteiger partial charge on any atom is -0.512 e. The van der Waals surface area contributed by atoms with Gasteiger partial charge in [-0.15, -0.1) is 12.8 Å². The highest BCUT2D eigenvalue weighted by Gasteiger charge is 2.65. The number of allylic oxidation sites excluding steroid dienone is 3. The van der Waals surface area contributed by atoms with E-state index in [4.69, 9.17) is 5.11 Å². The minimum atomic E-state index is -0.466. The minimum absolute atomic E-state index is 0.0696. The zero-order valence-corrected chi connectivity index (χ0v) is 38.8. The maximum atomic E-state index is 10.6. The lowest BCUT2D eigenvalue weighted by Crippen LogP contribution is -2.61. The van der Waals surface area contributed by atoms with Crippen LogP contribution < -0.4 is 5.32 Å². The summed E-state index contributed by atoms with van der Waals surface area (Å²) in [5.41, 5.74) is 6.62. The van der Waals surface area contributed by atoms with Gasteiger partial charge < -0.3 is 15.5 Å². The van der Waals surface area contributed by atoms with Crippen molar-refractivity contribution in [2.24, 2.45) is 62.6 Å². The van der Waals surface area contributed by atoms with Crippen LogP contribution in [0.1, 0.15) is 180 Å². The highest BCUT2D eigenvalue weighted by Crippen LogP contribution is 2.73. The van der Waals surface area contributed by atoms with Crippen LogP contribution in [0.4, 0.5) is 0 Å². The van der Waals surface area contributed by atoms with Crippen molar-refractivity contribution in [2.75, 3.05) is 6.54 Å². The molecule has 0 radical (unpaired) electrons. The third kappa shape index (κ3) is 10.2. The van der Waals surface area contributed by atoms with Crippen LogP contribution in [0.2, 0.25) is 0 Å². The molecule has 1 aromatic carbocycles. The summed E-state index contributed by atoms with van der Waals surface area (Å²) < 4.78 is 0. The van der Waals surface area contributed by atoms with E-state index in [1.807, 2.05) is 63.1 Å². The van der Waals surface area contributed by atoms with E-state index >= 15 is 0 Å². The summed E-state index contributed by atoms with van der Waals surface area (Å²) in [5.74, 6) is 5.60. The molecular weight excluding hydrogens is 687 g/mol. The van der Waals surface area contributed by atoms with Crippen molar-refractivity contribution in [3.8, 4) is 18.6 Å². The molecule has 5 aliphatic carbocycles. The van der Waals surface area contributed by atoms with Crippen molar-refractivity contribution in [3.05, 3.63) is 53.3 Å². The van der Waals surface area contributed by atoms with Gasteiger partial charge in [0.2, 0.25) is 0 Å². The molecule has 1 aromatic rings. The standard InChI is InChI=1S/C38H59NO.C8H14O2.2C2H6.C2H2/c1-25(2)29-15-20-38(22-23-39-24-27-8-10-28(40)11-9-27)21-16-31-30(34(29)38)12-13-33-36(31,6)19-17-32-35(4,5)26(3)14-18-37(32,33)7;1-6(9)5-8(3,4)7(2)10;3*1-2/h8-11,25-26,30-33,39-40H,12-24H2,1-7H3;10H,2,5H2,1,3-4H3;2*1-2H3;1-2H/t26?,30?,31?,32-,33?,36?,37?,38?;;;;/m0..../s1. The predicted molar refractivity (Wildman–Crippen MR) is 241 cm³/mol. The molecule has 5 aliphatic rings. The number of ketones is 1. The Morgan fingerprint density at radius 1 is 0.893 bits per heavy atom. The number of nitrogens with one attached hydrogen (secondary N) is 1. The first-order chi connectivity index (χ1) is 26.3. The number of benzene rings is 1. The van der Waals surface area contributed by atoms with Crippen molar-refractivity contribution in [3.63, 3.8) is 0 Å². The van der Waals surface area contributed by atoms with Crippen LogP contribution in [0.3, 0.4) is 0 Å². The van der Waals surface area contributed by atoms with E-state index in [9.17, 15) is 9.90 Å². The number of phenolic OH excluding ortho intramolecular Hbond substituents is 1. The fourth-order valence-electron chi connectivity index (χ4n) is 12.9. The van der Waals surface area contributed by atoms with Gasteiger partial charge in [-0.05, 0) is 159 Å². The lowest BCUT2D eigenvalue weighted by molar-refractivity contribution is -0.189. The van der Waals surface area contributed by atoms with Gasteiger partial charge in [-0.25, -0.2) is 0 Å². The summed E-state index contributed by atoms with van der Waals surface area (Å²) in [6, 6.07) is 7.71. The van der Waals surface area contributed by atoms with Crippen LogP contribution in [-0.4, -0.2) is 22.5 Å². The average molecular weight is 774 g/mol. The molecule has 318 valence electrons. The molecule has 0 spiro atoms. The first kappa shape index (κ1) is 49.6. The average Bonchev–Trinajstić information content (AvgIpc) is 3.55. The highest BCUT2D eigenvalue weighted by atomic mass is 16.3. The van der Waals surface area contributed by atoms with Crippen molar-refractivity contribution in [2.45, 2.75) is 181 Å². The number of phenols is 1. The van der Waals surface area contributed by atoms with E-state index < -0.39 is 5.41 Å². The van der Waals surface area contributed by atoms with Gasteiger partial charge in [0.25, 0.3) is 0 Å². The van der Waals surface area contributed by atoms with Gasteiger partial charge in [-0.2, -0.15) is 0 Å². The van der Waals surface area contributed by atoms with E-state index in [2.05, 4.69) is 73.2 Å². The molecule has 7 unspecified atom stereocenters. The molecular formula is C52H87NO3. The molecule has 0 aromatic heterocycles. The number of aromatic hydroxyl groups is 1. The molecule has 6 rings (SSSR count). The third-order valence-electron chi connectivity index (χ3n) is 16.1. The zero-order valence-electron chi connectivity index (χ0n) is 38.8. The first-order valence-corrected chi connectivity index (χ1v) is 22.7. The van der Waals surface area contributed by atoms with Crippen LogP contribution in [-0.2, 0) is 11.3 Å². The molecule has 0 amide bonds. The van der Waals surface area contributed by atoms with E-state index in [0.717, 1.165) is 42.7 Å². The number of hydrogen-bond donors (Lipinski definition) is 3. The number of aliphatic hydroxyl groups excluding tert-OH is 1. The summed E-state index contributed by atoms with van der Waals surface area (Å²) in [7, 11) is 0. The molecule has 4 nitrogen and oxygen atoms in total. The van der Waals surface area contributed by atoms with Crippen molar-refractivity contribution in [1.29, 1.82) is 0 Å². The van der Waals surface area contributed by atoms with Crippen LogP contribution in [0.15, 0.2) is 47.7 Å². The number of Topliss-reactive ketones (excluding diaryl/α,β-unsaturated/α-hetero) is 1. The maximum Gasteiger partial charge on any atom is 0.130 e. The van der Waals surface area contributed by atoms with Crippen LogP contribution in [0.25, 0.3) is 0 Å². The quantitative estimate of drug-likeness (QED) is 0.101. The van der Waals surface area contributed by atoms with Gasteiger partial charge in [0, 0.05) is 18.4 Å². The first-order valence-electron chi connectivity index (χ1n) is 22.7. The van der Waals surface area contributed by atoms with Crippen molar-refractivity contribution >= 4 is 5.78 Å². The topological polar surface area (TPSA) is 69.6 Å². The fraction of sp³-hybridized carbons (Fsp3) is 0.750. The lowest BCUT2D eigenvalue weighted by Gasteiger charge is -2.69. The van der Waals surface area contributed by atoms with Crippen molar-refractivity contribution in [1.82, 2.24) is 5.32 Å². The van der Waals surface area contributed by atoms with E-state index in [1.165, 1.54) is 83.1 Å². The van der Waals surface area contributed by atoms with Gasteiger partial charge in [0.15, 0.2) is 0 Å². The van der Waals surface area contributed by atoms with E-state index in [0.29, 0.717) is 39.7 Å². The monoisotopic (exact) mass is 774 g/mol. The fourth-order valence-corrected chi connectivity index (χ4v) is 12.9. The van der Waals surface area contributed by atoms with Gasteiger partial charge in [0.1, 0.15) is 11.5 Å². The number of terminal acetylenes is 1. The zero-order chi connectivity index (χ0) is 42.9. The Hall–Kier alpha value is -2.51. The molecule has 0 heterocycles. The maximum absolute atomic E-state index is 10.6. The number of rotatable bonds is 9. The molecule has 4 saturated carbocycles. The van der Waals surface area contributed by atoms with Gasteiger partial charge in [-0.3, -0.25) is 4.79 Å². The van der Waals surface area contributed by atoms with Crippen LogP contribution in [0.5, 0.6) is 5.75 Å². The number of hydrogen-bond acceptors (Lipinski definition) is 4. The number of aliphatic hydroxyl groups is 1. The van der Waals surface area contributed by atoms with Crippen LogP contribution in [0, 0.1) is 75.4 Å². The van der Waals surface area contributed by atoms with Crippen LogP contribution >= 0.6 is 0 Å². The molecule has 3 N–H and O–H groups in total. The summed E-state index contributed by atoms with van der Waals surface area (Å²) in [5, 5.41) is 22.4. The molecule has 4 fully saturated rings. The molecule has 4 heteroatoms. The molecule has 8 atom stereocenters. The predicted octanol–water partition coefficient (Wildman–Crippen LogP) is 14.3. The van der Waals surface area contributed by atoms with Gasteiger partial charge in [-0.1, -0.05) is 120 Å². The SMILES string of the molecule is C#C.C=C(O)C(C)(C)CC(C)=O.CC.CC.CC(C)C1=C2C3CCC4C(C)(CC[C@H]5C(C)(C)C(C)CCC45C)C3CCC2(CCNCc2ccc(O)cc2)CC1. The Morgan fingerprint density at radius 2 is 1.48 bits per heavy atom. The molecule has 0 bridgehead atoms. The molecule has 0 saturated heterocycles. The molecule has 56 heavy (non-hydrogen) atoms. The number of fused-ring (bicyclic) bond motifs is 7. The van der Waals surface area contributed by atoms with Crippen molar-refractivity contribution < 1.29 is 15.0 Å². The third-order valence-corrected chi connectivity index (χ3v) is 16.1. The second kappa shape index (κ2) is 20.5. The molecule has 0 aliphatic heterocycles. The largest absolute Gasteiger partial charge is 0.512 e. The second-order valence-corrected chi connectivity index (χ2v) is 19.9. The Kier molecular flexibility index (Phi) is 18.1. The second-order valence-electron chi connectivity index (χ2n) is 19.9. The number of carbonyl (C=O) groups excluding carboxylic acids is 1. The normalized spacial score (nSPS) is 32.4. The summed E-state index contributed by atoms with van der Waals surface area (Å²) in [4.78, 5) is 10.6. The van der Waals surface area contributed by atoms with Gasteiger partial charge >= 0.3 is 0 Å². The van der Waals surface area contributed by atoms with E-state index in [1.54, 1.807) is 13.8 Å². The summed E-state index contributed by atoms with van der Waals surface area (Å²) in [6.07, 6.45) is 24.0. The Balaban J connectivity index is 0.000000582. The van der Waals surface area contributed by atoms with Gasteiger partial charge in [0.05, 0.1) is 5.76 Å². The highest BCUT2D eigenvalue weighted by molar-refractivity contribution is 5.76. The summed E-state index contributed by atoms with van der Waals surface area (Å²) >= 11 is 0. The summed E-state index contributed by atoms with van der Waals surface area (Å²) in [6.45, 7) is 36.8. The lowest BCUT2D eigenvalue weighted by atomic mass is 9.36. The Morgan fingerprint density at radius 3 is 2.02 bits per heavy atom. The van der Waals surface area contributed by atoms with E-state index in [-0.39, 0.29) is 11.5 Å². The Labute approximate surface area is 346 Å².